The molecule has 0 amide bonds. The molecule has 2 atom stereocenters. The molecule has 2 unspecified atom stereocenters. The van der Waals surface area contributed by atoms with E-state index in [0.29, 0.717) is 25.1 Å². The second kappa shape index (κ2) is 6.09. The molecule has 2 heterocycles. The molecule has 1 aromatic heterocycles. The van der Waals surface area contributed by atoms with Crippen LogP contribution in [0.25, 0.3) is 0 Å². The molecule has 6 heteroatoms. The van der Waals surface area contributed by atoms with Gasteiger partial charge in [0, 0.05) is 25.9 Å². The molecule has 0 aromatic carbocycles. The Balaban J connectivity index is 1.70. The molecule has 1 aliphatic rings. The zero-order valence-electron chi connectivity index (χ0n) is 10.2. The number of aromatic nitrogens is 3. The highest BCUT2D eigenvalue weighted by Gasteiger charge is 2.23. The van der Waals surface area contributed by atoms with Gasteiger partial charge < -0.3 is 15.2 Å². The van der Waals surface area contributed by atoms with Crippen molar-refractivity contribution in [2.75, 3.05) is 19.8 Å². The zero-order valence-corrected chi connectivity index (χ0v) is 10.2. The van der Waals surface area contributed by atoms with Crippen molar-refractivity contribution in [1.29, 1.82) is 0 Å². The van der Waals surface area contributed by atoms with Gasteiger partial charge in [0.1, 0.15) is 0 Å². The highest BCUT2D eigenvalue weighted by atomic mass is 16.5. The van der Waals surface area contributed by atoms with Crippen molar-refractivity contribution in [2.45, 2.75) is 32.5 Å². The van der Waals surface area contributed by atoms with Crippen molar-refractivity contribution in [3.05, 3.63) is 11.9 Å². The van der Waals surface area contributed by atoms with E-state index in [9.17, 15) is 0 Å². The lowest BCUT2D eigenvalue weighted by Gasteiger charge is -2.13. The van der Waals surface area contributed by atoms with Crippen LogP contribution in [0.4, 0.5) is 0 Å². The van der Waals surface area contributed by atoms with Crippen LogP contribution < -0.4 is 5.32 Å². The first-order valence-electron chi connectivity index (χ1n) is 6.12. The maximum atomic E-state index is 8.76. The summed E-state index contributed by atoms with van der Waals surface area (Å²) in [7, 11) is 0. The van der Waals surface area contributed by atoms with Crippen molar-refractivity contribution < 1.29 is 9.84 Å². The van der Waals surface area contributed by atoms with Crippen LogP contribution in [0.3, 0.4) is 0 Å². The van der Waals surface area contributed by atoms with E-state index in [-0.39, 0.29) is 6.61 Å². The Kier molecular flexibility index (Phi) is 4.47. The quantitative estimate of drug-likeness (QED) is 0.719. The second-order valence-corrected chi connectivity index (χ2v) is 4.45. The van der Waals surface area contributed by atoms with E-state index < -0.39 is 0 Å². The van der Waals surface area contributed by atoms with E-state index in [0.717, 1.165) is 25.3 Å². The van der Waals surface area contributed by atoms with Crippen LogP contribution in [0.5, 0.6) is 0 Å². The Morgan fingerprint density at radius 3 is 3.24 bits per heavy atom. The van der Waals surface area contributed by atoms with E-state index in [1.54, 1.807) is 4.68 Å². The smallest absolute Gasteiger partial charge is 0.0964 e. The lowest BCUT2D eigenvalue weighted by atomic mass is 10.0. The fraction of sp³-hybridized carbons (Fsp3) is 0.818. The van der Waals surface area contributed by atoms with E-state index in [4.69, 9.17) is 9.84 Å². The average molecular weight is 240 g/mol. The van der Waals surface area contributed by atoms with Crippen molar-refractivity contribution in [3.63, 3.8) is 0 Å². The van der Waals surface area contributed by atoms with Crippen LogP contribution in [0.2, 0.25) is 0 Å². The van der Waals surface area contributed by atoms with Crippen molar-refractivity contribution in [3.8, 4) is 0 Å². The molecule has 2 N–H and O–H groups in total. The zero-order chi connectivity index (χ0) is 12.1. The van der Waals surface area contributed by atoms with E-state index >= 15 is 0 Å². The third-order valence-corrected chi connectivity index (χ3v) is 3.16. The van der Waals surface area contributed by atoms with Gasteiger partial charge in [-0.1, -0.05) is 5.21 Å². The second-order valence-electron chi connectivity index (χ2n) is 4.45. The number of aliphatic hydroxyl groups excluding tert-OH is 1. The van der Waals surface area contributed by atoms with Gasteiger partial charge in [0.25, 0.3) is 0 Å². The Hall–Kier alpha value is -0.980. The standard InChI is InChI=1S/C11H20N4O2/c1-9-10(2-5-17-9)6-12-7-11-8-15(3-4-16)14-13-11/h8-10,12,16H,2-7H2,1H3. The lowest BCUT2D eigenvalue weighted by molar-refractivity contribution is 0.105. The molecular formula is C11H20N4O2. The number of rotatable bonds is 6. The van der Waals surface area contributed by atoms with Crippen LogP contribution >= 0.6 is 0 Å². The van der Waals surface area contributed by atoms with Gasteiger partial charge in [-0.25, -0.2) is 4.68 Å². The first-order valence-corrected chi connectivity index (χ1v) is 6.12. The molecule has 1 fully saturated rings. The maximum Gasteiger partial charge on any atom is 0.0964 e. The Morgan fingerprint density at radius 2 is 2.53 bits per heavy atom. The molecule has 96 valence electrons. The summed E-state index contributed by atoms with van der Waals surface area (Å²) >= 11 is 0. The van der Waals surface area contributed by atoms with Gasteiger partial charge in [-0.05, 0) is 19.3 Å². The third-order valence-electron chi connectivity index (χ3n) is 3.16. The Labute approximate surface area is 101 Å². The van der Waals surface area contributed by atoms with Crippen molar-refractivity contribution >= 4 is 0 Å². The number of hydrogen-bond donors (Lipinski definition) is 2. The van der Waals surface area contributed by atoms with E-state index in [1.165, 1.54) is 0 Å². The molecule has 1 aliphatic heterocycles. The third kappa shape index (κ3) is 3.49. The molecule has 1 saturated heterocycles. The monoisotopic (exact) mass is 240 g/mol. The summed E-state index contributed by atoms with van der Waals surface area (Å²) in [6, 6.07) is 0. The number of nitrogens with zero attached hydrogens (tertiary/aromatic N) is 3. The predicted octanol–water partition coefficient (Wildman–Crippen LogP) is -0.215. The van der Waals surface area contributed by atoms with Gasteiger partial charge in [-0.2, -0.15) is 0 Å². The number of hydrogen-bond acceptors (Lipinski definition) is 5. The molecule has 0 spiro atoms. The fourth-order valence-corrected chi connectivity index (χ4v) is 2.06. The summed E-state index contributed by atoms with van der Waals surface area (Å²) in [4.78, 5) is 0. The summed E-state index contributed by atoms with van der Waals surface area (Å²) in [6.07, 6.45) is 3.34. The van der Waals surface area contributed by atoms with Crippen LogP contribution in [0, 0.1) is 5.92 Å². The molecule has 0 bridgehead atoms. The minimum atomic E-state index is 0.0904. The normalized spacial score (nSPS) is 24.4. The van der Waals surface area contributed by atoms with Crippen LogP contribution in [0.15, 0.2) is 6.20 Å². The minimum absolute atomic E-state index is 0.0904. The molecule has 0 radical (unpaired) electrons. The molecule has 1 aromatic rings. The number of nitrogens with one attached hydrogen (secondary N) is 1. The predicted molar refractivity (Wildman–Crippen MR) is 62.3 cm³/mol. The highest BCUT2D eigenvalue weighted by molar-refractivity contribution is 4.91. The summed E-state index contributed by atoms with van der Waals surface area (Å²) in [5, 5.41) is 20.1. The largest absolute Gasteiger partial charge is 0.394 e. The van der Waals surface area contributed by atoms with Gasteiger partial charge in [-0.3, -0.25) is 0 Å². The Morgan fingerprint density at radius 1 is 1.65 bits per heavy atom. The molecule has 0 aliphatic carbocycles. The molecule has 2 rings (SSSR count). The van der Waals surface area contributed by atoms with Gasteiger partial charge in [-0.15, -0.1) is 5.10 Å². The molecule has 0 saturated carbocycles. The van der Waals surface area contributed by atoms with Gasteiger partial charge in [0.05, 0.1) is 24.9 Å². The lowest BCUT2D eigenvalue weighted by Crippen LogP contribution is -2.26. The van der Waals surface area contributed by atoms with Crippen molar-refractivity contribution in [2.24, 2.45) is 5.92 Å². The topological polar surface area (TPSA) is 72.2 Å². The molecular weight excluding hydrogens is 220 g/mol. The average Bonchev–Trinajstić information content (AvgIpc) is 2.90. The van der Waals surface area contributed by atoms with Crippen LogP contribution in [-0.4, -0.2) is 46.0 Å². The van der Waals surface area contributed by atoms with Crippen LogP contribution in [0.1, 0.15) is 19.0 Å². The summed E-state index contributed by atoms with van der Waals surface area (Å²) in [6.45, 7) is 5.26. The summed E-state index contributed by atoms with van der Waals surface area (Å²) in [5.74, 6) is 0.600. The molecule has 6 nitrogen and oxygen atoms in total. The van der Waals surface area contributed by atoms with E-state index in [1.807, 2.05) is 6.20 Å². The van der Waals surface area contributed by atoms with Crippen LogP contribution in [-0.2, 0) is 17.8 Å². The minimum Gasteiger partial charge on any atom is -0.394 e. The van der Waals surface area contributed by atoms with Gasteiger partial charge >= 0.3 is 0 Å². The summed E-state index contributed by atoms with van der Waals surface area (Å²) < 4.78 is 7.16. The maximum absolute atomic E-state index is 8.76. The molecule has 17 heavy (non-hydrogen) atoms. The summed E-state index contributed by atoms with van der Waals surface area (Å²) in [5.41, 5.74) is 0.907. The first kappa shape index (κ1) is 12.5. The van der Waals surface area contributed by atoms with Gasteiger partial charge in [0.15, 0.2) is 0 Å². The van der Waals surface area contributed by atoms with Crippen molar-refractivity contribution in [1.82, 2.24) is 20.3 Å². The first-order chi connectivity index (χ1) is 8.29. The van der Waals surface area contributed by atoms with E-state index in [2.05, 4.69) is 22.6 Å². The van der Waals surface area contributed by atoms with Gasteiger partial charge in [0.2, 0.25) is 0 Å². The fourth-order valence-electron chi connectivity index (χ4n) is 2.06. The highest BCUT2D eigenvalue weighted by Crippen LogP contribution is 2.19. The number of aliphatic hydroxyl groups is 1. The SMILES string of the molecule is CC1OCCC1CNCc1cn(CCO)nn1. The Bertz CT molecular complexity index is 342. The number of ether oxygens (including phenoxy) is 1.